The van der Waals surface area contributed by atoms with E-state index in [4.69, 9.17) is 4.74 Å². The number of piperidine rings is 1. The first kappa shape index (κ1) is 24.4. The van der Waals surface area contributed by atoms with Gasteiger partial charge in [-0.3, -0.25) is 14.6 Å². The molecule has 8 heteroatoms. The van der Waals surface area contributed by atoms with Crippen LogP contribution in [0.15, 0.2) is 66.9 Å². The molecule has 1 aliphatic rings. The maximum absolute atomic E-state index is 13.0. The highest BCUT2D eigenvalue weighted by Gasteiger charge is 2.31. The average molecular weight is 483 g/mol. The van der Waals surface area contributed by atoms with Crippen LogP contribution in [-0.4, -0.2) is 40.8 Å². The van der Waals surface area contributed by atoms with Gasteiger partial charge in [-0.1, -0.05) is 30.3 Å². The Bertz CT molecular complexity index is 1200. The molecule has 0 radical (unpaired) electrons. The molecule has 2 heterocycles. The number of aryl methyl sites for hydroxylation is 1. The molecule has 1 fully saturated rings. The van der Waals surface area contributed by atoms with Crippen molar-refractivity contribution in [2.24, 2.45) is 0 Å². The fourth-order valence-corrected chi connectivity index (χ4v) is 4.05. The monoisotopic (exact) mass is 482 g/mol. The smallest absolute Gasteiger partial charge is 0.416 e. The third kappa shape index (κ3) is 6.07. The molecule has 0 spiro atoms. The van der Waals surface area contributed by atoms with Gasteiger partial charge in [0.25, 0.3) is 5.91 Å². The highest BCUT2D eigenvalue weighted by molar-refractivity contribution is 5.97. The van der Waals surface area contributed by atoms with E-state index in [0.29, 0.717) is 42.9 Å². The number of alkyl halides is 3. The predicted octanol–water partition coefficient (Wildman–Crippen LogP) is 5.52. The minimum absolute atomic E-state index is 0.0211. The summed E-state index contributed by atoms with van der Waals surface area (Å²) in [5.41, 5.74) is 1.15. The van der Waals surface area contributed by atoms with Crippen LogP contribution < -0.4 is 4.74 Å². The van der Waals surface area contributed by atoms with Gasteiger partial charge in [0.05, 0.1) is 5.56 Å². The molecule has 0 atom stereocenters. The highest BCUT2D eigenvalue weighted by atomic mass is 19.4. The van der Waals surface area contributed by atoms with Gasteiger partial charge in [-0.05, 0) is 48.4 Å². The van der Waals surface area contributed by atoms with Gasteiger partial charge in [-0.25, -0.2) is 0 Å². The molecule has 1 aromatic heterocycles. The van der Waals surface area contributed by atoms with Gasteiger partial charge in [-0.2, -0.15) is 13.2 Å². The lowest BCUT2D eigenvalue weighted by Gasteiger charge is -2.32. The molecule has 0 N–H and O–H groups in total. The molecule has 2 aromatic carbocycles. The molecular formula is C27H25F3N2O3. The van der Waals surface area contributed by atoms with Crippen LogP contribution in [0.1, 0.15) is 50.4 Å². The summed E-state index contributed by atoms with van der Waals surface area (Å²) >= 11 is 0. The van der Waals surface area contributed by atoms with Crippen molar-refractivity contribution in [3.05, 3.63) is 94.8 Å². The van der Waals surface area contributed by atoms with E-state index in [1.54, 1.807) is 41.4 Å². The van der Waals surface area contributed by atoms with E-state index in [2.05, 4.69) is 4.98 Å². The number of ether oxygens (including phenoxy) is 1. The molecule has 1 saturated heterocycles. The number of hydrogen-bond donors (Lipinski definition) is 0. The van der Waals surface area contributed by atoms with Crippen LogP contribution in [0.25, 0.3) is 0 Å². The maximum atomic E-state index is 13.0. The second-order valence-electron chi connectivity index (χ2n) is 8.60. The Hall–Kier alpha value is -3.68. The number of halogens is 3. The SMILES string of the molecule is Cc1ccc(CC(=O)c2cccc(C(F)(F)F)c2)cc1OC1CCN(C(=O)c2ccccn2)CC1. The Morgan fingerprint density at radius 1 is 1.03 bits per heavy atom. The van der Waals surface area contributed by atoms with Gasteiger partial charge in [0.15, 0.2) is 5.78 Å². The van der Waals surface area contributed by atoms with E-state index in [9.17, 15) is 22.8 Å². The Labute approximate surface area is 201 Å². The number of ketones is 1. The van der Waals surface area contributed by atoms with Crippen LogP contribution in [-0.2, 0) is 12.6 Å². The zero-order valence-corrected chi connectivity index (χ0v) is 19.2. The third-order valence-corrected chi connectivity index (χ3v) is 6.04. The van der Waals surface area contributed by atoms with Gasteiger partial charge < -0.3 is 9.64 Å². The second kappa shape index (κ2) is 10.3. The van der Waals surface area contributed by atoms with E-state index < -0.39 is 17.5 Å². The van der Waals surface area contributed by atoms with Crippen LogP contribution in [0.2, 0.25) is 0 Å². The topological polar surface area (TPSA) is 59.5 Å². The first-order valence-corrected chi connectivity index (χ1v) is 11.4. The summed E-state index contributed by atoms with van der Waals surface area (Å²) in [5, 5.41) is 0. The van der Waals surface area contributed by atoms with Crippen molar-refractivity contribution >= 4 is 11.7 Å². The Kier molecular flexibility index (Phi) is 7.19. The molecule has 0 saturated carbocycles. The standard InChI is InChI=1S/C27H25F3N2O3/c1-18-8-9-19(15-24(33)20-5-4-6-21(17-20)27(28,29)30)16-25(18)35-22-10-13-32(14-11-22)26(34)23-7-2-3-12-31-23/h2-9,12,16-17,22H,10-11,13-15H2,1H3. The van der Waals surface area contributed by atoms with Crippen LogP contribution in [0.4, 0.5) is 13.2 Å². The Morgan fingerprint density at radius 2 is 1.80 bits per heavy atom. The van der Waals surface area contributed by atoms with Crippen LogP contribution >= 0.6 is 0 Å². The quantitative estimate of drug-likeness (QED) is 0.434. The molecule has 4 rings (SSSR count). The minimum Gasteiger partial charge on any atom is -0.490 e. The number of carbonyl (C=O) groups is 2. The molecule has 182 valence electrons. The molecule has 1 aliphatic heterocycles. The van der Waals surface area contributed by atoms with Gasteiger partial charge in [0.2, 0.25) is 0 Å². The normalized spacial score (nSPS) is 14.6. The van der Waals surface area contributed by atoms with Crippen molar-refractivity contribution in [2.45, 2.75) is 38.5 Å². The molecule has 0 aliphatic carbocycles. The van der Waals surface area contributed by atoms with E-state index in [0.717, 1.165) is 17.7 Å². The van der Waals surface area contributed by atoms with Crippen molar-refractivity contribution < 1.29 is 27.5 Å². The zero-order valence-electron chi connectivity index (χ0n) is 19.2. The first-order valence-electron chi connectivity index (χ1n) is 11.4. The lowest BCUT2D eigenvalue weighted by Crippen LogP contribution is -2.42. The van der Waals surface area contributed by atoms with E-state index in [1.165, 1.54) is 12.1 Å². The third-order valence-electron chi connectivity index (χ3n) is 6.04. The summed E-state index contributed by atoms with van der Waals surface area (Å²) in [6.07, 6.45) is -1.71. The summed E-state index contributed by atoms with van der Waals surface area (Å²) < 4.78 is 45.1. The number of likely N-dealkylation sites (tertiary alicyclic amines) is 1. The van der Waals surface area contributed by atoms with Crippen LogP contribution in [0.5, 0.6) is 5.75 Å². The number of rotatable bonds is 6. The van der Waals surface area contributed by atoms with Gasteiger partial charge in [0.1, 0.15) is 17.5 Å². The molecule has 3 aromatic rings. The maximum Gasteiger partial charge on any atom is 0.416 e. The fraction of sp³-hybridized carbons (Fsp3) is 0.296. The number of carbonyl (C=O) groups excluding carboxylic acids is 2. The number of benzene rings is 2. The Morgan fingerprint density at radius 3 is 2.49 bits per heavy atom. The number of aromatic nitrogens is 1. The van der Waals surface area contributed by atoms with E-state index in [-0.39, 0.29) is 24.0 Å². The van der Waals surface area contributed by atoms with Crippen molar-refractivity contribution in [1.29, 1.82) is 0 Å². The summed E-state index contributed by atoms with van der Waals surface area (Å²) in [7, 11) is 0. The largest absolute Gasteiger partial charge is 0.490 e. The van der Waals surface area contributed by atoms with Gasteiger partial charge >= 0.3 is 6.18 Å². The van der Waals surface area contributed by atoms with Crippen molar-refractivity contribution in [2.75, 3.05) is 13.1 Å². The van der Waals surface area contributed by atoms with Gasteiger partial charge in [-0.15, -0.1) is 0 Å². The molecule has 5 nitrogen and oxygen atoms in total. The number of hydrogen-bond acceptors (Lipinski definition) is 4. The molecule has 35 heavy (non-hydrogen) atoms. The van der Waals surface area contributed by atoms with Crippen molar-refractivity contribution in [3.8, 4) is 5.75 Å². The summed E-state index contributed by atoms with van der Waals surface area (Å²) in [6, 6.07) is 15.1. The highest BCUT2D eigenvalue weighted by Crippen LogP contribution is 2.30. The summed E-state index contributed by atoms with van der Waals surface area (Å²) in [4.78, 5) is 31.1. The molecular weight excluding hydrogens is 457 g/mol. The second-order valence-corrected chi connectivity index (χ2v) is 8.60. The minimum atomic E-state index is -4.50. The predicted molar refractivity (Wildman–Crippen MR) is 124 cm³/mol. The summed E-state index contributed by atoms with van der Waals surface area (Å²) in [5.74, 6) is 0.136. The number of Topliss-reactive ketones (excluding diaryl/α,β-unsaturated/α-hetero) is 1. The number of pyridine rings is 1. The fourth-order valence-electron chi connectivity index (χ4n) is 4.05. The molecule has 0 unspecified atom stereocenters. The zero-order chi connectivity index (χ0) is 25.0. The first-order chi connectivity index (χ1) is 16.7. The molecule has 1 amide bonds. The number of nitrogens with zero attached hydrogens (tertiary/aromatic N) is 2. The Balaban J connectivity index is 1.38. The lowest BCUT2D eigenvalue weighted by atomic mass is 10.00. The number of amides is 1. The molecule has 0 bridgehead atoms. The van der Waals surface area contributed by atoms with Crippen LogP contribution in [0, 0.1) is 6.92 Å². The van der Waals surface area contributed by atoms with Crippen molar-refractivity contribution in [3.63, 3.8) is 0 Å². The van der Waals surface area contributed by atoms with E-state index >= 15 is 0 Å². The average Bonchev–Trinajstić information content (AvgIpc) is 2.86. The van der Waals surface area contributed by atoms with E-state index in [1.807, 2.05) is 13.0 Å². The van der Waals surface area contributed by atoms with Gasteiger partial charge in [0, 0.05) is 44.1 Å². The van der Waals surface area contributed by atoms with Crippen LogP contribution in [0.3, 0.4) is 0 Å². The summed E-state index contributed by atoms with van der Waals surface area (Å²) in [6.45, 7) is 2.99. The van der Waals surface area contributed by atoms with Crippen molar-refractivity contribution in [1.82, 2.24) is 9.88 Å². The lowest BCUT2D eigenvalue weighted by molar-refractivity contribution is -0.137.